The van der Waals surface area contributed by atoms with Crippen LogP contribution in [-0.2, 0) is 14.3 Å². The summed E-state index contributed by atoms with van der Waals surface area (Å²) in [7, 11) is 1.43. The Labute approximate surface area is 186 Å². The number of rotatable bonds is 8. The second kappa shape index (κ2) is 10.7. The molecule has 1 fully saturated rings. The topological polar surface area (TPSA) is 55.8 Å². The highest BCUT2D eigenvalue weighted by Gasteiger charge is 2.36. The van der Waals surface area contributed by atoms with Crippen LogP contribution in [0.15, 0.2) is 5.38 Å². The van der Waals surface area contributed by atoms with Gasteiger partial charge in [0.25, 0.3) is 0 Å². The summed E-state index contributed by atoms with van der Waals surface area (Å²) < 4.78 is 10.6. The van der Waals surface area contributed by atoms with Crippen LogP contribution in [0.2, 0.25) is 0 Å². The summed E-state index contributed by atoms with van der Waals surface area (Å²) in [6.45, 7) is 13.0. The first kappa shape index (κ1) is 24.7. The highest BCUT2D eigenvalue weighted by molar-refractivity contribution is 7.14. The fourth-order valence-electron chi connectivity index (χ4n) is 4.62. The van der Waals surface area contributed by atoms with Gasteiger partial charge in [-0.2, -0.15) is 0 Å². The highest BCUT2D eigenvalue weighted by atomic mass is 32.1. The number of methoxy groups -OCH3 is 1. The highest BCUT2D eigenvalue weighted by Crippen LogP contribution is 2.40. The fourth-order valence-corrected chi connectivity index (χ4v) is 5.82. The summed E-state index contributed by atoms with van der Waals surface area (Å²) in [6.07, 6.45) is 6.10. The molecule has 6 heteroatoms. The average Bonchev–Trinajstić information content (AvgIpc) is 3.06. The summed E-state index contributed by atoms with van der Waals surface area (Å²) in [4.78, 5) is 27.2. The van der Waals surface area contributed by atoms with Gasteiger partial charge in [0.2, 0.25) is 0 Å². The van der Waals surface area contributed by atoms with Crippen molar-refractivity contribution >= 4 is 28.3 Å². The normalized spacial score (nSPS) is 20.5. The first-order valence-corrected chi connectivity index (χ1v) is 12.2. The van der Waals surface area contributed by atoms with E-state index >= 15 is 0 Å². The van der Waals surface area contributed by atoms with Gasteiger partial charge in [-0.1, -0.05) is 13.3 Å². The number of anilines is 1. The molecular formula is C24H39NO4S. The minimum atomic E-state index is -0.437. The van der Waals surface area contributed by atoms with Gasteiger partial charge in [0.05, 0.1) is 23.6 Å². The van der Waals surface area contributed by atoms with Gasteiger partial charge in [0.15, 0.2) is 0 Å². The van der Waals surface area contributed by atoms with Crippen molar-refractivity contribution in [2.45, 2.75) is 91.7 Å². The van der Waals surface area contributed by atoms with Crippen molar-refractivity contribution in [3.05, 3.63) is 16.5 Å². The van der Waals surface area contributed by atoms with Crippen molar-refractivity contribution in [2.24, 2.45) is 11.8 Å². The summed E-state index contributed by atoms with van der Waals surface area (Å²) in [5.41, 5.74) is 1.24. The van der Waals surface area contributed by atoms with Crippen molar-refractivity contribution in [2.75, 3.05) is 18.6 Å². The van der Waals surface area contributed by atoms with Gasteiger partial charge < -0.3 is 14.4 Å². The zero-order valence-corrected chi connectivity index (χ0v) is 20.6. The Bertz CT molecular complexity index is 713. The first-order valence-electron chi connectivity index (χ1n) is 11.3. The molecule has 1 aliphatic rings. The van der Waals surface area contributed by atoms with Crippen molar-refractivity contribution < 1.29 is 19.1 Å². The van der Waals surface area contributed by atoms with Gasteiger partial charge in [-0.05, 0) is 78.2 Å². The van der Waals surface area contributed by atoms with Gasteiger partial charge in [0.1, 0.15) is 5.60 Å². The lowest BCUT2D eigenvalue weighted by Gasteiger charge is -2.39. The molecule has 0 N–H and O–H groups in total. The van der Waals surface area contributed by atoms with Crippen molar-refractivity contribution in [1.29, 1.82) is 0 Å². The van der Waals surface area contributed by atoms with Crippen LogP contribution in [-0.4, -0.2) is 37.2 Å². The maximum absolute atomic E-state index is 12.8. The molecular weight excluding hydrogens is 398 g/mol. The number of carbonyl (C=O) groups is 2. The standard InChI is InChI=1S/C24H39NO4S/c1-8-10-19(23(27)29-24(4,5)6)17-11-13-18(14-12-17)25(9-2)21-16(3)20(15-30-21)22(26)28-7/h15,17-19H,8-14H2,1-7H3. The van der Waals surface area contributed by atoms with Crippen LogP contribution in [0.1, 0.15) is 89.1 Å². The molecule has 0 spiro atoms. The summed E-state index contributed by atoms with van der Waals surface area (Å²) in [5.74, 6) is 0.0935. The number of nitrogens with zero attached hydrogens (tertiary/aromatic N) is 1. The lowest BCUT2D eigenvalue weighted by Crippen LogP contribution is -2.40. The second-order valence-corrected chi connectivity index (χ2v) is 10.2. The SMILES string of the molecule is CCCC(C(=O)OC(C)(C)C)C1CCC(N(CC)c2scc(C(=O)OC)c2C)CC1. The molecule has 30 heavy (non-hydrogen) atoms. The molecule has 1 atom stereocenters. The molecule has 0 aromatic carbocycles. The summed E-state index contributed by atoms with van der Waals surface area (Å²) >= 11 is 1.62. The largest absolute Gasteiger partial charge is 0.465 e. The second-order valence-electron chi connectivity index (χ2n) is 9.35. The predicted octanol–water partition coefficient (Wildman–Crippen LogP) is 5.99. The van der Waals surface area contributed by atoms with Crippen LogP contribution in [0, 0.1) is 18.8 Å². The number of thiophene rings is 1. The van der Waals surface area contributed by atoms with Gasteiger partial charge in [0, 0.05) is 18.0 Å². The molecule has 1 heterocycles. The van der Waals surface area contributed by atoms with Crippen LogP contribution in [0.25, 0.3) is 0 Å². The molecule has 1 aromatic heterocycles. The van der Waals surface area contributed by atoms with E-state index in [4.69, 9.17) is 9.47 Å². The van der Waals surface area contributed by atoms with Gasteiger partial charge in [-0.3, -0.25) is 4.79 Å². The zero-order chi connectivity index (χ0) is 22.5. The third-order valence-electron chi connectivity index (χ3n) is 6.08. The molecule has 170 valence electrons. The van der Waals surface area contributed by atoms with Gasteiger partial charge in [-0.25, -0.2) is 4.79 Å². The van der Waals surface area contributed by atoms with E-state index in [0.29, 0.717) is 17.5 Å². The van der Waals surface area contributed by atoms with E-state index in [2.05, 4.69) is 18.7 Å². The average molecular weight is 438 g/mol. The fraction of sp³-hybridized carbons (Fsp3) is 0.750. The van der Waals surface area contributed by atoms with E-state index in [9.17, 15) is 9.59 Å². The van der Waals surface area contributed by atoms with Crippen LogP contribution in [0.5, 0.6) is 0 Å². The number of hydrogen-bond donors (Lipinski definition) is 0. The molecule has 0 aliphatic heterocycles. The molecule has 1 saturated carbocycles. The molecule has 0 amide bonds. The third-order valence-corrected chi connectivity index (χ3v) is 7.20. The predicted molar refractivity (Wildman–Crippen MR) is 123 cm³/mol. The maximum Gasteiger partial charge on any atom is 0.339 e. The molecule has 1 aliphatic carbocycles. The number of ether oxygens (including phenoxy) is 2. The molecule has 1 aromatic rings. The van der Waals surface area contributed by atoms with Crippen molar-refractivity contribution in [3.63, 3.8) is 0 Å². The number of hydrogen-bond acceptors (Lipinski definition) is 6. The van der Waals surface area contributed by atoms with E-state index in [1.807, 2.05) is 33.1 Å². The van der Waals surface area contributed by atoms with Gasteiger partial charge in [-0.15, -0.1) is 11.3 Å². The Morgan fingerprint density at radius 1 is 1.20 bits per heavy atom. The molecule has 0 radical (unpaired) electrons. The van der Waals surface area contributed by atoms with E-state index in [1.165, 1.54) is 12.1 Å². The smallest absolute Gasteiger partial charge is 0.339 e. The van der Waals surface area contributed by atoms with Crippen molar-refractivity contribution in [3.8, 4) is 0 Å². The number of carbonyl (C=O) groups excluding carboxylic acids is 2. The van der Waals surface area contributed by atoms with Crippen LogP contribution >= 0.6 is 11.3 Å². The Balaban J connectivity index is 2.08. The lowest BCUT2D eigenvalue weighted by molar-refractivity contribution is -0.163. The quantitative estimate of drug-likeness (QED) is 0.468. The Kier molecular flexibility index (Phi) is 8.77. The van der Waals surface area contributed by atoms with E-state index < -0.39 is 5.60 Å². The summed E-state index contributed by atoms with van der Waals surface area (Å²) in [5, 5.41) is 3.07. The minimum absolute atomic E-state index is 0.000322. The van der Waals surface area contributed by atoms with E-state index in [0.717, 1.165) is 50.6 Å². The third kappa shape index (κ3) is 5.99. The van der Waals surface area contributed by atoms with Crippen LogP contribution in [0.3, 0.4) is 0 Å². The summed E-state index contributed by atoms with van der Waals surface area (Å²) in [6, 6.07) is 0.440. The molecule has 0 bridgehead atoms. The lowest BCUT2D eigenvalue weighted by atomic mass is 9.76. The van der Waals surface area contributed by atoms with E-state index in [1.54, 1.807) is 11.3 Å². The van der Waals surface area contributed by atoms with Crippen LogP contribution in [0.4, 0.5) is 5.00 Å². The monoisotopic (exact) mass is 437 g/mol. The zero-order valence-electron chi connectivity index (χ0n) is 19.7. The Hall–Kier alpha value is -1.56. The first-order chi connectivity index (χ1) is 14.1. The molecule has 5 nitrogen and oxygen atoms in total. The van der Waals surface area contributed by atoms with Crippen molar-refractivity contribution in [1.82, 2.24) is 0 Å². The van der Waals surface area contributed by atoms with Crippen LogP contribution < -0.4 is 4.90 Å². The Morgan fingerprint density at radius 3 is 2.33 bits per heavy atom. The van der Waals surface area contributed by atoms with E-state index in [-0.39, 0.29) is 17.9 Å². The van der Waals surface area contributed by atoms with Gasteiger partial charge >= 0.3 is 11.9 Å². The molecule has 2 rings (SSSR count). The molecule has 0 saturated heterocycles. The maximum atomic E-state index is 12.8. The Morgan fingerprint density at radius 2 is 1.83 bits per heavy atom. The minimum Gasteiger partial charge on any atom is -0.465 e. The number of esters is 2. The molecule has 1 unspecified atom stereocenters.